The third-order valence-electron chi connectivity index (χ3n) is 9.44. The van der Waals surface area contributed by atoms with E-state index in [1.165, 1.54) is 13.1 Å². The zero-order valence-electron chi connectivity index (χ0n) is 32.2. The lowest BCUT2D eigenvalue weighted by Gasteiger charge is -2.24. The summed E-state index contributed by atoms with van der Waals surface area (Å²) in [6.45, 7) is 0.983. The lowest BCUT2D eigenvalue weighted by atomic mass is 10.1. The Morgan fingerprint density at radius 3 is 1.63 bits per heavy atom. The van der Waals surface area contributed by atoms with Crippen molar-refractivity contribution in [3.63, 3.8) is 0 Å². The normalized spacial score (nSPS) is 16.9. The number of hydrogen-bond donors (Lipinski definition) is 3. The Kier molecular flexibility index (Phi) is 14.4. The average Bonchev–Trinajstić information content (AvgIpc) is 3.65. The third-order valence-corrected chi connectivity index (χ3v) is 9.44. The van der Waals surface area contributed by atoms with Gasteiger partial charge in [0.2, 0.25) is 0 Å². The molecule has 3 N–H and O–H groups in total. The number of rotatable bonds is 16. The molecule has 5 aromatic rings. The van der Waals surface area contributed by atoms with Crippen molar-refractivity contribution in [1.82, 2.24) is 20.2 Å². The maximum absolute atomic E-state index is 14.0. The molecular weight excluding hydrogens is 761 g/mol. The topological polar surface area (TPSA) is 193 Å². The highest BCUT2D eigenvalue weighted by Gasteiger charge is 2.42. The van der Waals surface area contributed by atoms with Crippen LogP contribution >= 0.6 is 0 Å². The predicted octanol–water partition coefficient (Wildman–Crippen LogP) is 4.66. The van der Waals surface area contributed by atoms with E-state index in [0.717, 1.165) is 26.8 Å². The highest BCUT2D eigenvalue weighted by Crippen LogP contribution is 2.31. The summed E-state index contributed by atoms with van der Waals surface area (Å²) < 4.78 is 29.8. The van der Waals surface area contributed by atoms with E-state index in [0.29, 0.717) is 0 Å². The van der Waals surface area contributed by atoms with Crippen LogP contribution in [-0.2, 0) is 59.3 Å². The largest absolute Gasteiger partial charge is 0.461 e. The molecule has 2 heterocycles. The van der Waals surface area contributed by atoms with Gasteiger partial charge in [-0.05, 0) is 29.2 Å². The van der Waals surface area contributed by atoms with Gasteiger partial charge in [0.05, 0.1) is 0 Å². The van der Waals surface area contributed by atoms with Crippen LogP contribution in [0.2, 0.25) is 0 Å². The van der Waals surface area contributed by atoms with Gasteiger partial charge < -0.3 is 34.3 Å². The summed E-state index contributed by atoms with van der Waals surface area (Å²) in [6.07, 6.45) is -3.66. The molecule has 1 aliphatic rings. The number of ether oxygens (including phenoxy) is 5. The second-order valence-electron chi connectivity index (χ2n) is 13.8. The smallest absolute Gasteiger partial charge is 0.408 e. The van der Waals surface area contributed by atoms with Gasteiger partial charge in [-0.15, -0.1) is 0 Å². The fourth-order valence-corrected chi connectivity index (χ4v) is 6.34. The van der Waals surface area contributed by atoms with E-state index in [4.69, 9.17) is 23.7 Å². The van der Waals surface area contributed by atoms with Crippen molar-refractivity contribution >= 4 is 24.1 Å². The van der Waals surface area contributed by atoms with Crippen LogP contribution in [0.4, 0.5) is 9.59 Å². The monoisotopic (exact) mass is 804 g/mol. The molecule has 0 saturated carbocycles. The molecule has 15 nitrogen and oxygen atoms in total. The van der Waals surface area contributed by atoms with Crippen LogP contribution in [0.15, 0.2) is 137 Å². The number of aromatic nitrogens is 2. The van der Waals surface area contributed by atoms with Crippen molar-refractivity contribution in [2.75, 3.05) is 6.61 Å². The van der Waals surface area contributed by atoms with E-state index in [2.05, 4.69) is 15.6 Å². The molecule has 1 fully saturated rings. The fraction of sp³-hybridized carbons (Fsp3) is 0.273. The number of carbonyl (C=O) groups excluding carboxylic acids is 4. The second kappa shape index (κ2) is 20.4. The molecule has 0 radical (unpaired) electrons. The first-order chi connectivity index (χ1) is 28.6. The Morgan fingerprint density at radius 1 is 0.678 bits per heavy atom. The second-order valence-corrected chi connectivity index (χ2v) is 13.8. The minimum Gasteiger partial charge on any atom is -0.461 e. The minimum atomic E-state index is -1.22. The Bertz CT molecular complexity index is 2290. The van der Waals surface area contributed by atoms with Crippen molar-refractivity contribution in [3.8, 4) is 0 Å². The molecule has 2 amide bonds. The first-order valence-corrected chi connectivity index (χ1v) is 19.0. The summed E-state index contributed by atoms with van der Waals surface area (Å²) in [5.74, 6) is -1.67. The van der Waals surface area contributed by atoms with Crippen molar-refractivity contribution in [2.45, 2.75) is 69.9 Å². The summed E-state index contributed by atoms with van der Waals surface area (Å²) in [5, 5.41) is 5.20. The number of aromatic amines is 1. The van der Waals surface area contributed by atoms with Crippen LogP contribution in [0.25, 0.3) is 0 Å². The van der Waals surface area contributed by atoms with Crippen LogP contribution < -0.4 is 21.9 Å². The number of nitrogens with zero attached hydrogens (tertiary/aromatic N) is 1. The van der Waals surface area contributed by atoms with E-state index < -0.39 is 72.5 Å². The van der Waals surface area contributed by atoms with Gasteiger partial charge >= 0.3 is 29.8 Å². The number of nitrogens with one attached hydrogen (secondary N) is 3. The van der Waals surface area contributed by atoms with E-state index in [9.17, 15) is 28.8 Å². The van der Waals surface area contributed by atoms with Gasteiger partial charge in [-0.25, -0.2) is 24.0 Å². The van der Waals surface area contributed by atoms with Crippen LogP contribution in [0.1, 0.15) is 40.5 Å². The minimum absolute atomic E-state index is 0.0292. The summed E-state index contributed by atoms with van der Waals surface area (Å²) in [4.78, 5) is 80.9. The van der Waals surface area contributed by atoms with Crippen molar-refractivity contribution in [2.24, 2.45) is 0 Å². The fourth-order valence-electron chi connectivity index (χ4n) is 6.34. The highest BCUT2D eigenvalue weighted by atomic mass is 16.6. The Balaban J connectivity index is 1.18. The van der Waals surface area contributed by atoms with E-state index in [1.807, 2.05) is 36.4 Å². The number of benzene rings is 4. The molecule has 306 valence electrons. The SMILES string of the molecule is Cc1cn([C@H]2C[C@@H](OC(=O)[C@@H](Cc3ccccc3)NC(=O)OCc3ccccc3)[C@H](COC(=O)[C@@H](Cc3ccccc3)NC(=O)OCc3ccccc3)O2)c(=O)[nH]c1=O. The van der Waals surface area contributed by atoms with E-state index in [1.54, 1.807) is 84.9 Å². The molecule has 0 spiro atoms. The molecule has 1 aliphatic heterocycles. The quantitative estimate of drug-likeness (QED) is 0.0928. The molecule has 4 aromatic carbocycles. The number of hydrogen-bond acceptors (Lipinski definition) is 11. The van der Waals surface area contributed by atoms with Crippen LogP contribution in [0, 0.1) is 6.92 Å². The van der Waals surface area contributed by atoms with Gasteiger partial charge in [0.15, 0.2) is 0 Å². The van der Waals surface area contributed by atoms with Gasteiger partial charge in [0.1, 0.15) is 50.3 Å². The number of carbonyl (C=O) groups is 4. The Hall–Kier alpha value is -7.00. The molecule has 1 saturated heterocycles. The summed E-state index contributed by atoms with van der Waals surface area (Å²) >= 11 is 0. The summed E-state index contributed by atoms with van der Waals surface area (Å²) in [7, 11) is 0. The number of H-pyrrole nitrogens is 1. The molecular formula is C44H44N4O11. The van der Waals surface area contributed by atoms with Gasteiger partial charge in [0.25, 0.3) is 5.56 Å². The zero-order valence-corrected chi connectivity index (χ0v) is 32.2. The van der Waals surface area contributed by atoms with Gasteiger partial charge in [-0.3, -0.25) is 14.3 Å². The molecule has 0 unspecified atom stereocenters. The van der Waals surface area contributed by atoms with Gasteiger partial charge in [-0.2, -0.15) is 0 Å². The predicted molar refractivity (Wildman–Crippen MR) is 213 cm³/mol. The molecule has 6 rings (SSSR count). The first kappa shape index (κ1) is 41.6. The highest BCUT2D eigenvalue weighted by molar-refractivity contribution is 5.82. The number of aryl methyl sites for hydroxylation is 1. The third kappa shape index (κ3) is 12.2. The molecule has 15 heteroatoms. The van der Waals surface area contributed by atoms with E-state index >= 15 is 0 Å². The van der Waals surface area contributed by atoms with E-state index in [-0.39, 0.29) is 38.0 Å². The number of alkyl carbamates (subject to hydrolysis) is 2. The molecule has 1 aromatic heterocycles. The summed E-state index contributed by atoms with van der Waals surface area (Å²) in [6, 6.07) is 33.6. The molecule has 5 atom stereocenters. The van der Waals surface area contributed by atoms with Gasteiger partial charge in [0, 0.05) is 31.0 Å². The lowest BCUT2D eigenvalue weighted by molar-refractivity contribution is -0.160. The van der Waals surface area contributed by atoms with Crippen molar-refractivity contribution < 1.29 is 42.9 Å². The number of esters is 2. The van der Waals surface area contributed by atoms with Crippen LogP contribution in [0.5, 0.6) is 0 Å². The summed E-state index contributed by atoms with van der Waals surface area (Å²) in [5.41, 5.74) is 1.83. The maximum atomic E-state index is 14.0. The van der Waals surface area contributed by atoms with Crippen molar-refractivity contribution in [3.05, 3.63) is 176 Å². The average molecular weight is 805 g/mol. The Labute approximate surface area is 339 Å². The zero-order chi connectivity index (χ0) is 41.6. The number of amides is 2. The first-order valence-electron chi connectivity index (χ1n) is 19.0. The lowest BCUT2D eigenvalue weighted by Crippen LogP contribution is -2.46. The van der Waals surface area contributed by atoms with Crippen LogP contribution in [-0.4, -0.2) is 64.6 Å². The van der Waals surface area contributed by atoms with Crippen LogP contribution in [0.3, 0.4) is 0 Å². The Morgan fingerprint density at radius 2 is 1.14 bits per heavy atom. The van der Waals surface area contributed by atoms with Crippen molar-refractivity contribution in [1.29, 1.82) is 0 Å². The molecule has 59 heavy (non-hydrogen) atoms. The standard InChI is InChI=1S/C44H44N4O11/c1-29-25-48(42(52)47-39(29)49)38-24-36(59-41(51)35(23-31-16-8-3-9-17-31)46-44(54)57-27-33-20-12-5-13-21-33)37(58-38)28-55-40(50)34(22-30-14-6-2-7-15-30)45-43(53)56-26-32-18-10-4-11-19-32/h2-21,25,34-38H,22-24,26-28H2,1H3,(H,45,53)(H,46,54)(H,47,49,52)/t34-,35-,36-,37+,38-/m1/s1. The molecule has 0 aliphatic carbocycles. The van der Waals surface area contributed by atoms with Gasteiger partial charge in [-0.1, -0.05) is 121 Å². The molecule has 0 bridgehead atoms. The maximum Gasteiger partial charge on any atom is 0.408 e.